The van der Waals surface area contributed by atoms with E-state index in [-0.39, 0.29) is 5.91 Å². The van der Waals surface area contributed by atoms with Gasteiger partial charge in [0.05, 0.1) is 30.1 Å². The molecule has 0 unspecified atom stereocenters. The van der Waals surface area contributed by atoms with E-state index in [0.29, 0.717) is 12.2 Å². The molecule has 3 aromatic heterocycles. The number of carbonyl (C=O) groups excluding carboxylic acids is 1. The van der Waals surface area contributed by atoms with Gasteiger partial charge in [-0.3, -0.25) is 14.7 Å². The first-order chi connectivity index (χ1) is 13.3. The monoisotopic (exact) mass is 382 g/mol. The Morgan fingerprint density at radius 1 is 1.11 bits per heavy atom. The average Bonchev–Trinajstić information content (AvgIpc) is 3.50. The van der Waals surface area contributed by atoms with Gasteiger partial charge in [-0.2, -0.15) is 5.10 Å². The highest BCUT2D eigenvalue weighted by Crippen LogP contribution is 2.30. The highest BCUT2D eigenvalue weighted by atomic mass is 32.1. The van der Waals surface area contributed by atoms with Crippen molar-refractivity contribution in [2.45, 2.75) is 33.2 Å². The zero-order chi connectivity index (χ0) is 18.8. The van der Waals surface area contributed by atoms with E-state index in [4.69, 9.17) is 0 Å². The number of pyridine rings is 1. The van der Waals surface area contributed by atoms with Crippen LogP contribution in [-0.2, 0) is 6.54 Å². The number of rotatable bonds is 3. The lowest BCUT2D eigenvalue weighted by atomic mass is 10.3. The zero-order valence-corrected chi connectivity index (χ0v) is 16.3. The molecule has 0 saturated carbocycles. The number of amides is 1. The van der Waals surface area contributed by atoms with Gasteiger partial charge in [0.2, 0.25) is 0 Å². The molecule has 2 aliphatic rings. The predicted molar refractivity (Wildman–Crippen MR) is 107 cm³/mol. The van der Waals surface area contributed by atoms with Gasteiger partial charge in [-0.1, -0.05) is 13.8 Å². The molecule has 0 radical (unpaired) electrons. The van der Waals surface area contributed by atoms with Crippen molar-refractivity contribution in [1.29, 1.82) is 0 Å². The Hall–Kier alpha value is -2.74. The minimum atomic E-state index is -0.0698. The van der Waals surface area contributed by atoms with E-state index in [9.17, 15) is 4.79 Å². The molecule has 5 heterocycles. The van der Waals surface area contributed by atoms with Gasteiger partial charge in [0.15, 0.2) is 5.69 Å². The van der Waals surface area contributed by atoms with Gasteiger partial charge in [-0.25, -0.2) is 9.67 Å². The van der Waals surface area contributed by atoms with Crippen LogP contribution in [0.25, 0.3) is 5.69 Å². The van der Waals surface area contributed by atoms with E-state index in [1.54, 1.807) is 21.3 Å². The van der Waals surface area contributed by atoms with Crippen LogP contribution >= 0.6 is 11.3 Å². The van der Waals surface area contributed by atoms with Gasteiger partial charge in [0.25, 0.3) is 5.91 Å². The standard InChI is InChI=1S/C17H16N6OS.C2H6/c24-17-16-12(9-22(17)15-8-18-11-25-15)10-23(20-16)13-3-4-14(19-7-13)21-5-1-2-6-21;1-2/h3-4,7-8,10-11H,1-2,5-6,9H2;1-2H3. The summed E-state index contributed by atoms with van der Waals surface area (Å²) in [4.78, 5) is 25.2. The molecule has 0 atom stereocenters. The summed E-state index contributed by atoms with van der Waals surface area (Å²) in [7, 11) is 0. The number of nitrogens with zero attached hydrogens (tertiary/aromatic N) is 6. The Bertz CT molecular complexity index is 912. The average molecular weight is 382 g/mol. The summed E-state index contributed by atoms with van der Waals surface area (Å²) in [6.07, 6.45) is 7.91. The fraction of sp³-hybridized carbons (Fsp3) is 0.368. The van der Waals surface area contributed by atoms with Crippen molar-refractivity contribution in [2.24, 2.45) is 0 Å². The highest BCUT2D eigenvalue weighted by molar-refractivity contribution is 7.14. The first-order valence-electron chi connectivity index (χ1n) is 9.30. The lowest BCUT2D eigenvalue weighted by Gasteiger charge is -2.16. The Labute approximate surface area is 162 Å². The lowest BCUT2D eigenvalue weighted by molar-refractivity contribution is 0.0992. The van der Waals surface area contributed by atoms with Crippen LogP contribution in [0.4, 0.5) is 10.8 Å². The molecule has 8 heteroatoms. The first kappa shape index (κ1) is 17.7. The van der Waals surface area contributed by atoms with Crippen molar-refractivity contribution in [2.75, 3.05) is 22.9 Å². The maximum atomic E-state index is 12.6. The van der Waals surface area contributed by atoms with Crippen LogP contribution in [0.2, 0.25) is 0 Å². The van der Waals surface area contributed by atoms with E-state index in [1.165, 1.54) is 24.2 Å². The van der Waals surface area contributed by atoms with Crippen LogP contribution in [0.3, 0.4) is 0 Å². The molecular formula is C19H22N6OS. The second kappa shape index (κ2) is 7.48. The molecule has 0 aromatic carbocycles. The van der Waals surface area contributed by atoms with Crippen molar-refractivity contribution < 1.29 is 4.79 Å². The second-order valence-corrected chi connectivity index (χ2v) is 7.11. The third-order valence-electron chi connectivity index (χ3n) is 4.68. The van der Waals surface area contributed by atoms with Crippen molar-refractivity contribution in [3.63, 3.8) is 0 Å². The van der Waals surface area contributed by atoms with Crippen LogP contribution in [0.5, 0.6) is 0 Å². The molecule has 1 amide bonds. The van der Waals surface area contributed by atoms with Crippen LogP contribution in [0.15, 0.2) is 36.2 Å². The van der Waals surface area contributed by atoms with Crippen LogP contribution in [0, 0.1) is 0 Å². The van der Waals surface area contributed by atoms with E-state index in [1.807, 2.05) is 38.4 Å². The summed E-state index contributed by atoms with van der Waals surface area (Å²) in [5.41, 5.74) is 4.04. The number of hydrogen-bond donors (Lipinski definition) is 0. The number of fused-ring (bicyclic) bond motifs is 1. The van der Waals surface area contributed by atoms with Crippen LogP contribution < -0.4 is 9.80 Å². The normalized spacial score (nSPS) is 15.7. The van der Waals surface area contributed by atoms with Gasteiger partial charge in [-0.15, -0.1) is 11.3 Å². The molecule has 7 nitrogen and oxygen atoms in total. The van der Waals surface area contributed by atoms with Crippen molar-refractivity contribution >= 4 is 28.1 Å². The van der Waals surface area contributed by atoms with Crippen molar-refractivity contribution in [3.8, 4) is 5.69 Å². The van der Waals surface area contributed by atoms with Crippen molar-refractivity contribution in [3.05, 3.63) is 47.5 Å². The first-order valence-corrected chi connectivity index (χ1v) is 10.2. The molecule has 2 aliphatic heterocycles. The minimum Gasteiger partial charge on any atom is -0.357 e. The maximum Gasteiger partial charge on any atom is 0.280 e. The third-order valence-corrected chi connectivity index (χ3v) is 5.47. The topological polar surface area (TPSA) is 67.2 Å². The molecule has 27 heavy (non-hydrogen) atoms. The van der Waals surface area contributed by atoms with Gasteiger partial charge >= 0.3 is 0 Å². The molecule has 140 valence electrons. The number of hydrogen-bond acceptors (Lipinski definition) is 6. The third kappa shape index (κ3) is 3.21. The Kier molecular flexibility index (Phi) is 4.89. The van der Waals surface area contributed by atoms with Gasteiger partial charge in [0.1, 0.15) is 10.8 Å². The number of anilines is 2. The van der Waals surface area contributed by atoms with Crippen molar-refractivity contribution in [1.82, 2.24) is 19.7 Å². The molecule has 1 fully saturated rings. The van der Waals surface area contributed by atoms with E-state index < -0.39 is 0 Å². The summed E-state index contributed by atoms with van der Waals surface area (Å²) in [5.74, 6) is 0.938. The Morgan fingerprint density at radius 3 is 2.56 bits per heavy atom. The fourth-order valence-electron chi connectivity index (χ4n) is 3.38. The van der Waals surface area contributed by atoms with E-state index >= 15 is 0 Å². The summed E-state index contributed by atoms with van der Waals surface area (Å²) >= 11 is 1.46. The lowest BCUT2D eigenvalue weighted by Crippen LogP contribution is -2.23. The fourth-order valence-corrected chi connectivity index (χ4v) is 4.00. The predicted octanol–water partition coefficient (Wildman–Crippen LogP) is 3.51. The molecule has 5 rings (SSSR count). The van der Waals surface area contributed by atoms with E-state index in [0.717, 1.165) is 35.2 Å². The van der Waals surface area contributed by atoms with Gasteiger partial charge < -0.3 is 4.90 Å². The smallest absolute Gasteiger partial charge is 0.280 e. The van der Waals surface area contributed by atoms with Crippen LogP contribution in [0.1, 0.15) is 42.7 Å². The SMILES string of the molecule is CC.O=C1c2nn(-c3ccc(N4CCCC4)nc3)cc2CN1c1cncs1. The Morgan fingerprint density at radius 2 is 1.93 bits per heavy atom. The summed E-state index contributed by atoms with van der Waals surface area (Å²) in [6, 6.07) is 4.03. The molecule has 3 aromatic rings. The number of aromatic nitrogens is 4. The van der Waals surface area contributed by atoms with Crippen LogP contribution in [-0.4, -0.2) is 38.7 Å². The van der Waals surface area contributed by atoms with Gasteiger partial charge in [-0.05, 0) is 25.0 Å². The largest absolute Gasteiger partial charge is 0.357 e. The summed E-state index contributed by atoms with van der Waals surface area (Å²) in [6.45, 7) is 6.68. The maximum absolute atomic E-state index is 12.6. The molecule has 1 saturated heterocycles. The number of carbonyl (C=O) groups is 1. The zero-order valence-electron chi connectivity index (χ0n) is 15.5. The molecule has 0 aliphatic carbocycles. The van der Waals surface area contributed by atoms with Gasteiger partial charge in [0, 0.05) is 24.8 Å². The summed E-state index contributed by atoms with van der Waals surface area (Å²) in [5, 5.41) is 5.34. The highest BCUT2D eigenvalue weighted by Gasteiger charge is 2.33. The molecule has 0 bridgehead atoms. The van der Waals surface area contributed by atoms with E-state index in [2.05, 4.69) is 20.0 Å². The summed E-state index contributed by atoms with van der Waals surface area (Å²) < 4.78 is 1.74. The number of thiazole rings is 1. The quantitative estimate of drug-likeness (QED) is 0.693. The molecular weight excluding hydrogens is 360 g/mol. The minimum absolute atomic E-state index is 0.0698. The second-order valence-electron chi connectivity index (χ2n) is 6.25. The Balaban J connectivity index is 0.000000872. The molecule has 0 spiro atoms. The molecule has 0 N–H and O–H groups in total.